The lowest BCUT2D eigenvalue weighted by atomic mass is 10.1. The van der Waals surface area contributed by atoms with E-state index in [2.05, 4.69) is 35.2 Å². The second-order valence-corrected chi connectivity index (χ2v) is 19.0. The van der Waals surface area contributed by atoms with Crippen LogP contribution in [0.15, 0.2) is 60.4 Å². The van der Waals surface area contributed by atoms with Crippen molar-refractivity contribution in [3.05, 3.63) is 71.6 Å². The van der Waals surface area contributed by atoms with Crippen molar-refractivity contribution in [1.82, 2.24) is 39.0 Å². The predicted molar refractivity (Wildman–Crippen MR) is 208 cm³/mol. The zero-order chi connectivity index (χ0) is 42.0. The second kappa shape index (κ2) is 17.8. The molecule has 21 nitrogen and oxygen atoms in total. The molecule has 3 saturated heterocycles. The number of hydrogen-bond donors (Lipinski definition) is 2. The highest BCUT2D eigenvalue weighted by Crippen LogP contribution is 2.58. The highest BCUT2D eigenvalue weighted by molar-refractivity contribution is 8.07. The number of anilines is 1. The van der Waals surface area contributed by atoms with Crippen molar-refractivity contribution >= 4 is 71.1 Å². The number of benzene rings is 1. The Balaban J connectivity index is 1.11. The Labute approximate surface area is 347 Å². The quantitative estimate of drug-likeness (QED) is 0.149. The van der Waals surface area contributed by atoms with E-state index in [1.165, 1.54) is 21.8 Å². The van der Waals surface area contributed by atoms with E-state index in [0.717, 1.165) is 12.7 Å². The first-order valence-corrected chi connectivity index (χ1v) is 23.0. The molecule has 10 atom stereocenters. The number of alkyl halides is 2. The van der Waals surface area contributed by atoms with Gasteiger partial charge < -0.3 is 37.9 Å². The Morgan fingerprint density at radius 1 is 0.850 bits per heavy atom. The second-order valence-electron chi connectivity index (χ2n) is 13.0. The first-order chi connectivity index (χ1) is 29.0. The summed E-state index contributed by atoms with van der Waals surface area (Å²) in [5.74, 6) is -0.430. The highest BCUT2D eigenvalue weighted by atomic mass is 32.5. The third-order valence-electron chi connectivity index (χ3n) is 9.30. The standard InChI is InChI=1S/C33H31F2N11O10P2S2/c34-21-25-19(53-32(21)45-16-42-23-27(38-14-39-28(23)45)44-30(47)18-6-2-1-3-7-18)12-51-58(60,50-11-5-9-37)56-26-20(13-52-57(59,55-25)49-10-4-8-36)54-33(22(26)35)46-17-43-24-29(46)40-15-41-31(24)48/h1-3,6-7,14-17,19-22,25-26,32-33H,4-5,10-13H2,(H,40,41,48)(H,38,39,44,47)/t19?,20?,21-,22-,25-,26-,32?,33?,57?,58?/m1/s1. The Bertz CT molecular complexity index is 2630. The Morgan fingerprint density at radius 3 is 1.97 bits per heavy atom. The third kappa shape index (κ3) is 8.50. The van der Waals surface area contributed by atoms with E-state index in [4.69, 9.17) is 60.2 Å². The average molecular weight is 906 g/mol. The van der Waals surface area contributed by atoms with Gasteiger partial charge in [-0.3, -0.25) is 27.8 Å². The van der Waals surface area contributed by atoms with Crippen LogP contribution >= 0.6 is 13.4 Å². The lowest BCUT2D eigenvalue weighted by Gasteiger charge is -2.32. The maximum absolute atomic E-state index is 17.0. The van der Waals surface area contributed by atoms with E-state index in [1.807, 2.05) is 12.1 Å². The fourth-order valence-electron chi connectivity index (χ4n) is 6.53. The number of rotatable bonds is 10. The monoisotopic (exact) mass is 905 g/mol. The molecule has 0 aliphatic carbocycles. The molecule has 3 aliphatic rings. The molecule has 1 aromatic carbocycles. The van der Waals surface area contributed by atoms with Crippen molar-refractivity contribution in [3.8, 4) is 12.1 Å². The van der Waals surface area contributed by atoms with Gasteiger partial charge in [-0.1, -0.05) is 18.2 Å². The van der Waals surface area contributed by atoms with Gasteiger partial charge in [0.2, 0.25) is 0 Å². The average Bonchev–Trinajstić information content (AvgIpc) is 4.01. The summed E-state index contributed by atoms with van der Waals surface area (Å²) in [5.41, 5.74) is -0.121. The topological polar surface area (TPSA) is 258 Å². The number of amides is 1. The summed E-state index contributed by atoms with van der Waals surface area (Å²) in [6, 6.07) is 12.2. The molecule has 60 heavy (non-hydrogen) atoms. The van der Waals surface area contributed by atoms with Crippen LogP contribution in [0.2, 0.25) is 0 Å². The Kier molecular flexibility index (Phi) is 12.5. The number of nitrogens with one attached hydrogen (secondary N) is 2. The van der Waals surface area contributed by atoms with Crippen LogP contribution in [0.25, 0.3) is 22.3 Å². The van der Waals surface area contributed by atoms with Gasteiger partial charge in [-0.05, 0) is 35.7 Å². The lowest BCUT2D eigenvalue weighted by Crippen LogP contribution is -2.37. The number of halogens is 2. The number of H-pyrrole nitrogens is 1. The number of carbonyl (C=O) groups is 1. The van der Waals surface area contributed by atoms with E-state index in [1.54, 1.807) is 30.3 Å². The van der Waals surface area contributed by atoms with Crippen molar-refractivity contribution in [2.45, 2.75) is 62.1 Å². The molecule has 0 bridgehead atoms. The number of aromatic amines is 1. The van der Waals surface area contributed by atoms with E-state index in [-0.39, 0.29) is 54.2 Å². The van der Waals surface area contributed by atoms with Gasteiger partial charge in [-0.25, -0.2) is 33.7 Å². The van der Waals surface area contributed by atoms with Crippen molar-refractivity contribution in [2.75, 3.05) is 31.7 Å². The summed E-state index contributed by atoms with van der Waals surface area (Å²) in [7, 11) is 0. The normalized spacial score (nSPS) is 30.7. The fraction of sp³-hybridized carbons (Fsp3) is 0.424. The van der Waals surface area contributed by atoms with Crippen molar-refractivity contribution in [1.29, 1.82) is 10.5 Å². The smallest absolute Gasteiger partial charge is 0.327 e. The Hall–Kier alpha value is -4.59. The molecule has 4 aromatic heterocycles. The zero-order valence-electron chi connectivity index (χ0n) is 30.6. The maximum atomic E-state index is 17.0. The molecule has 314 valence electrons. The number of nitrogens with zero attached hydrogens (tertiary/aromatic N) is 9. The SMILES string of the molecule is N#CCCOP1(=S)OCC2OC(n3cnc4c(=O)[nH]cnc43)[C@H](F)[C@@H]2OP(=S)(OCCC#N)OCC2OC(n3cnc4c(NC(=O)c5ccccc5)ncnc43)[C@H](F)[C@@H]2O1. The fourth-order valence-corrected chi connectivity index (χ4v) is 10.7. The largest absolute Gasteiger partial charge is 0.346 e. The van der Waals surface area contributed by atoms with Gasteiger partial charge >= 0.3 is 13.4 Å². The van der Waals surface area contributed by atoms with Crippen molar-refractivity contribution in [3.63, 3.8) is 0 Å². The number of nitriles is 2. The molecule has 0 radical (unpaired) electrons. The molecule has 6 unspecified atom stereocenters. The number of ether oxygens (including phenoxy) is 2. The van der Waals surface area contributed by atoms with Crippen LogP contribution < -0.4 is 10.9 Å². The number of imidazole rings is 2. The van der Waals surface area contributed by atoms with Gasteiger partial charge in [0.05, 0.1) is 70.4 Å². The first kappa shape index (κ1) is 42.1. The molecule has 27 heteroatoms. The van der Waals surface area contributed by atoms with E-state index < -0.39 is 87.3 Å². The van der Waals surface area contributed by atoms with E-state index >= 15 is 8.78 Å². The number of fused-ring (bicyclic) bond motifs is 4. The van der Waals surface area contributed by atoms with Gasteiger partial charge in [0.1, 0.15) is 30.7 Å². The van der Waals surface area contributed by atoms with Gasteiger partial charge in [-0.15, -0.1) is 0 Å². The molecule has 0 saturated carbocycles. The van der Waals surface area contributed by atoms with Crippen molar-refractivity contribution in [2.24, 2.45) is 0 Å². The van der Waals surface area contributed by atoms with Crippen LogP contribution in [0.3, 0.4) is 0 Å². The maximum Gasteiger partial charge on any atom is 0.327 e. The summed E-state index contributed by atoms with van der Waals surface area (Å²) >= 11 is 11.5. The first-order valence-electron chi connectivity index (χ1n) is 17.9. The van der Waals surface area contributed by atoms with Crippen molar-refractivity contribution < 1.29 is 50.2 Å². The van der Waals surface area contributed by atoms with Crippen LogP contribution in [0.4, 0.5) is 14.6 Å². The zero-order valence-corrected chi connectivity index (χ0v) is 34.1. The van der Waals surface area contributed by atoms with Crippen LogP contribution in [0.5, 0.6) is 0 Å². The van der Waals surface area contributed by atoms with E-state index in [9.17, 15) is 20.1 Å². The highest BCUT2D eigenvalue weighted by Gasteiger charge is 2.54. The third-order valence-corrected chi connectivity index (χ3v) is 14.0. The summed E-state index contributed by atoms with van der Waals surface area (Å²) < 4.78 is 84.5. The minimum atomic E-state index is -4.07. The molecule has 1 amide bonds. The summed E-state index contributed by atoms with van der Waals surface area (Å²) in [6.07, 6.45) is -8.67. The molecule has 0 spiro atoms. The summed E-state index contributed by atoms with van der Waals surface area (Å²) in [4.78, 5) is 48.7. The minimum absolute atomic E-state index is 0.00215. The van der Waals surface area contributed by atoms with Crippen LogP contribution in [0.1, 0.15) is 35.7 Å². The molecule has 5 aromatic rings. The van der Waals surface area contributed by atoms with Gasteiger partial charge in [0.15, 0.2) is 52.9 Å². The molecule has 3 fully saturated rings. The molecule has 2 N–H and O–H groups in total. The minimum Gasteiger partial charge on any atom is -0.346 e. The van der Waals surface area contributed by atoms with Crippen LogP contribution in [0, 0.1) is 22.7 Å². The number of carbonyl (C=O) groups excluding carboxylic acids is 1. The lowest BCUT2D eigenvalue weighted by molar-refractivity contribution is -0.0612. The molecule has 7 heterocycles. The van der Waals surface area contributed by atoms with E-state index in [0.29, 0.717) is 5.56 Å². The van der Waals surface area contributed by atoms with Gasteiger partial charge in [-0.2, -0.15) is 10.5 Å². The molecular formula is C33H31F2N11O10P2S2. The predicted octanol–water partition coefficient (Wildman–Crippen LogP) is 3.81. The molecule has 8 rings (SSSR count). The molecule has 3 aliphatic heterocycles. The van der Waals surface area contributed by atoms with Gasteiger partial charge in [0.25, 0.3) is 11.5 Å². The summed E-state index contributed by atoms with van der Waals surface area (Å²) in [6.45, 7) is -9.86. The number of aromatic nitrogens is 8. The molecular weight excluding hydrogens is 875 g/mol. The Morgan fingerprint density at radius 2 is 1.40 bits per heavy atom. The summed E-state index contributed by atoms with van der Waals surface area (Å²) in [5, 5.41) is 21.2. The van der Waals surface area contributed by atoms with Crippen LogP contribution in [-0.2, 0) is 60.2 Å². The number of hydrogen-bond acceptors (Lipinski definition) is 19. The van der Waals surface area contributed by atoms with Crippen LogP contribution in [-0.4, -0.2) is 108 Å². The van der Waals surface area contributed by atoms with Gasteiger partial charge in [0, 0.05) is 5.56 Å².